The summed E-state index contributed by atoms with van der Waals surface area (Å²) in [5, 5.41) is 3.69. The summed E-state index contributed by atoms with van der Waals surface area (Å²) in [4.78, 5) is 11.8. The van der Waals surface area contributed by atoms with Crippen LogP contribution in [0.2, 0.25) is 5.02 Å². The molecule has 5 heteroatoms. The number of carbonyl (C=O) groups excluding carboxylic acids is 1. The van der Waals surface area contributed by atoms with Crippen LogP contribution >= 0.6 is 24.0 Å². The summed E-state index contributed by atoms with van der Waals surface area (Å²) in [6, 6.07) is 7.57. The molecule has 0 bridgehead atoms. The van der Waals surface area contributed by atoms with Crippen molar-refractivity contribution in [1.82, 2.24) is 5.32 Å². The van der Waals surface area contributed by atoms with Crippen molar-refractivity contribution in [1.29, 1.82) is 0 Å². The van der Waals surface area contributed by atoms with Gasteiger partial charge in [-0.2, -0.15) is 0 Å². The summed E-state index contributed by atoms with van der Waals surface area (Å²) in [6.45, 7) is 2.70. The third kappa shape index (κ3) is 7.73. The quantitative estimate of drug-likeness (QED) is 0.715. The van der Waals surface area contributed by atoms with Crippen LogP contribution < -0.4 is 11.1 Å². The summed E-state index contributed by atoms with van der Waals surface area (Å²) in [6.07, 6.45) is 4.72. The van der Waals surface area contributed by atoms with Gasteiger partial charge in [-0.05, 0) is 44.0 Å². The Morgan fingerprint density at radius 2 is 2.00 bits per heavy atom. The number of halogens is 2. The lowest BCUT2D eigenvalue weighted by Crippen LogP contribution is -2.26. The maximum absolute atomic E-state index is 11.8. The van der Waals surface area contributed by atoms with Crippen LogP contribution in [0, 0.1) is 0 Å². The van der Waals surface area contributed by atoms with Gasteiger partial charge in [-0.15, -0.1) is 12.4 Å². The Bertz CT molecular complexity index is 399. The van der Waals surface area contributed by atoms with Crippen molar-refractivity contribution in [3.05, 3.63) is 34.9 Å². The minimum Gasteiger partial charge on any atom is -0.350 e. The van der Waals surface area contributed by atoms with Crippen molar-refractivity contribution < 1.29 is 4.79 Å². The maximum atomic E-state index is 11.8. The van der Waals surface area contributed by atoms with Crippen LogP contribution in [0.1, 0.15) is 50.6 Å². The van der Waals surface area contributed by atoms with E-state index < -0.39 is 0 Å². The second-order valence-electron chi connectivity index (χ2n) is 4.80. The van der Waals surface area contributed by atoms with Crippen molar-refractivity contribution in [2.24, 2.45) is 5.73 Å². The van der Waals surface area contributed by atoms with Gasteiger partial charge in [0, 0.05) is 11.4 Å². The Hall–Kier alpha value is -0.770. The molecule has 114 valence electrons. The van der Waals surface area contributed by atoms with Gasteiger partial charge in [0.2, 0.25) is 5.91 Å². The Balaban J connectivity index is 0.00000361. The Morgan fingerprint density at radius 3 is 2.65 bits per heavy atom. The molecule has 0 spiro atoms. The van der Waals surface area contributed by atoms with Gasteiger partial charge in [-0.3, -0.25) is 4.79 Å². The normalized spacial score (nSPS) is 11.6. The van der Waals surface area contributed by atoms with Gasteiger partial charge >= 0.3 is 0 Å². The third-order valence-electron chi connectivity index (χ3n) is 3.08. The zero-order valence-corrected chi connectivity index (χ0v) is 13.5. The molecular weight excluding hydrogens is 295 g/mol. The van der Waals surface area contributed by atoms with Gasteiger partial charge in [0.05, 0.1) is 6.04 Å². The summed E-state index contributed by atoms with van der Waals surface area (Å²) in [5.41, 5.74) is 6.45. The first kappa shape index (κ1) is 19.2. The first-order valence-corrected chi connectivity index (χ1v) is 7.26. The number of nitrogens with one attached hydrogen (secondary N) is 1. The fraction of sp³-hybridized carbons (Fsp3) is 0.533. The number of nitrogens with two attached hydrogens (primary N) is 1. The second-order valence-corrected chi connectivity index (χ2v) is 5.23. The van der Waals surface area contributed by atoms with Gasteiger partial charge in [-0.25, -0.2) is 0 Å². The number of amides is 1. The smallest absolute Gasteiger partial charge is 0.220 e. The monoisotopic (exact) mass is 318 g/mol. The highest BCUT2D eigenvalue weighted by Crippen LogP contribution is 2.17. The van der Waals surface area contributed by atoms with E-state index in [0.717, 1.165) is 37.8 Å². The molecule has 3 nitrogen and oxygen atoms in total. The SMILES string of the molecule is CC(NC(=O)CCCCCCN)c1cccc(Cl)c1.Cl. The van der Waals surface area contributed by atoms with E-state index in [2.05, 4.69) is 5.32 Å². The van der Waals surface area contributed by atoms with E-state index in [1.165, 1.54) is 0 Å². The number of rotatable bonds is 8. The van der Waals surface area contributed by atoms with Gasteiger partial charge in [0.1, 0.15) is 0 Å². The van der Waals surface area contributed by atoms with Crippen LogP contribution in [-0.4, -0.2) is 12.5 Å². The van der Waals surface area contributed by atoms with E-state index in [0.29, 0.717) is 11.4 Å². The highest BCUT2D eigenvalue weighted by Gasteiger charge is 2.09. The maximum Gasteiger partial charge on any atom is 0.220 e. The van der Waals surface area contributed by atoms with Crippen LogP contribution in [0.4, 0.5) is 0 Å². The molecule has 0 aliphatic heterocycles. The average Bonchev–Trinajstić information content (AvgIpc) is 2.38. The summed E-state index contributed by atoms with van der Waals surface area (Å²) in [5.74, 6) is 0.0974. The molecule has 3 N–H and O–H groups in total. The molecule has 20 heavy (non-hydrogen) atoms. The predicted octanol–water partition coefficient (Wildman–Crippen LogP) is 3.85. The van der Waals surface area contributed by atoms with Gasteiger partial charge < -0.3 is 11.1 Å². The number of benzene rings is 1. The predicted molar refractivity (Wildman–Crippen MR) is 87.4 cm³/mol. The standard InChI is InChI=1S/C15H23ClN2O.ClH/c1-12(13-7-6-8-14(16)11-13)18-15(19)9-4-2-3-5-10-17;/h6-8,11-12H,2-5,9-10,17H2,1H3,(H,18,19);1H. The molecular formula is C15H24Cl2N2O. The summed E-state index contributed by atoms with van der Waals surface area (Å²) < 4.78 is 0. The third-order valence-corrected chi connectivity index (χ3v) is 3.32. The molecule has 0 fully saturated rings. The molecule has 0 heterocycles. The molecule has 0 saturated carbocycles. The lowest BCUT2D eigenvalue weighted by atomic mass is 10.1. The first-order chi connectivity index (χ1) is 9.13. The molecule has 1 unspecified atom stereocenters. The average molecular weight is 319 g/mol. The molecule has 1 aromatic rings. The number of carbonyl (C=O) groups is 1. The minimum absolute atomic E-state index is 0. The van der Waals surface area contributed by atoms with Crippen molar-refractivity contribution >= 4 is 29.9 Å². The fourth-order valence-electron chi connectivity index (χ4n) is 1.96. The molecule has 1 rings (SSSR count). The zero-order valence-electron chi connectivity index (χ0n) is 11.9. The Labute approximate surface area is 132 Å². The van der Waals surface area contributed by atoms with Crippen molar-refractivity contribution in [3.63, 3.8) is 0 Å². The molecule has 0 saturated heterocycles. The second kappa shape index (κ2) is 11.0. The van der Waals surface area contributed by atoms with E-state index >= 15 is 0 Å². The van der Waals surface area contributed by atoms with Crippen molar-refractivity contribution in [2.45, 2.75) is 45.1 Å². The van der Waals surface area contributed by atoms with Gasteiger partial charge in [0.15, 0.2) is 0 Å². The van der Waals surface area contributed by atoms with E-state index in [1.54, 1.807) is 0 Å². The lowest BCUT2D eigenvalue weighted by molar-refractivity contribution is -0.121. The highest BCUT2D eigenvalue weighted by molar-refractivity contribution is 6.30. The van der Waals surface area contributed by atoms with Crippen molar-refractivity contribution in [2.75, 3.05) is 6.54 Å². The van der Waals surface area contributed by atoms with E-state index in [9.17, 15) is 4.79 Å². The molecule has 0 aliphatic carbocycles. The van der Waals surface area contributed by atoms with Crippen LogP contribution in [0.15, 0.2) is 24.3 Å². The van der Waals surface area contributed by atoms with E-state index in [1.807, 2.05) is 31.2 Å². The Kier molecular flexibility index (Phi) is 10.5. The highest BCUT2D eigenvalue weighted by atomic mass is 35.5. The zero-order chi connectivity index (χ0) is 14.1. The fourth-order valence-corrected chi connectivity index (χ4v) is 2.16. The molecule has 0 aliphatic rings. The van der Waals surface area contributed by atoms with E-state index in [-0.39, 0.29) is 24.4 Å². The van der Waals surface area contributed by atoms with Crippen molar-refractivity contribution in [3.8, 4) is 0 Å². The summed E-state index contributed by atoms with van der Waals surface area (Å²) >= 11 is 5.93. The topological polar surface area (TPSA) is 55.1 Å². The number of hydrogen-bond acceptors (Lipinski definition) is 2. The number of unbranched alkanes of at least 4 members (excludes halogenated alkanes) is 3. The largest absolute Gasteiger partial charge is 0.350 e. The minimum atomic E-state index is -0.00441. The first-order valence-electron chi connectivity index (χ1n) is 6.88. The lowest BCUT2D eigenvalue weighted by Gasteiger charge is -2.14. The molecule has 1 atom stereocenters. The van der Waals surface area contributed by atoms with Crippen LogP contribution in [0.25, 0.3) is 0 Å². The van der Waals surface area contributed by atoms with E-state index in [4.69, 9.17) is 17.3 Å². The van der Waals surface area contributed by atoms with Gasteiger partial charge in [-0.1, -0.05) is 36.6 Å². The molecule has 0 radical (unpaired) electrons. The van der Waals surface area contributed by atoms with Crippen LogP contribution in [0.3, 0.4) is 0 Å². The molecule has 0 aromatic heterocycles. The molecule has 1 amide bonds. The van der Waals surface area contributed by atoms with Gasteiger partial charge in [0.25, 0.3) is 0 Å². The summed E-state index contributed by atoms with van der Waals surface area (Å²) in [7, 11) is 0. The number of hydrogen-bond donors (Lipinski definition) is 2. The Morgan fingerprint density at radius 1 is 1.30 bits per heavy atom. The van der Waals surface area contributed by atoms with Crippen LogP contribution in [0.5, 0.6) is 0 Å². The molecule has 1 aromatic carbocycles. The van der Waals surface area contributed by atoms with Crippen LogP contribution in [-0.2, 0) is 4.79 Å².